The minimum atomic E-state index is -0.761. The zero-order valence-electron chi connectivity index (χ0n) is 16.3. The molecule has 9 nitrogen and oxygen atoms in total. The SMILES string of the molecule is CC(C)=CCn1c(SC(C)(C)CN)nc2c1c(=O)n(CC(N)=O)c(=O)n2C. The van der Waals surface area contributed by atoms with E-state index in [-0.39, 0.29) is 15.9 Å². The number of hydrogen-bond acceptors (Lipinski definition) is 6. The molecule has 0 spiro atoms. The zero-order chi connectivity index (χ0) is 20.5. The average molecular weight is 395 g/mol. The number of carbonyl (C=O) groups excluding carboxylic acids is 1. The Morgan fingerprint density at radius 2 is 1.89 bits per heavy atom. The number of nitrogens with two attached hydrogens (primary N) is 2. The highest BCUT2D eigenvalue weighted by atomic mass is 32.2. The van der Waals surface area contributed by atoms with E-state index in [1.165, 1.54) is 23.4 Å². The van der Waals surface area contributed by atoms with Crippen LogP contribution < -0.4 is 22.7 Å². The van der Waals surface area contributed by atoms with E-state index < -0.39 is 23.7 Å². The molecule has 4 N–H and O–H groups in total. The van der Waals surface area contributed by atoms with Crippen molar-refractivity contribution in [3.05, 3.63) is 32.5 Å². The van der Waals surface area contributed by atoms with Gasteiger partial charge in [-0.3, -0.25) is 14.2 Å². The summed E-state index contributed by atoms with van der Waals surface area (Å²) in [6.45, 7) is 8.21. The van der Waals surface area contributed by atoms with Gasteiger partial charge in [0, 0.05) is 24.9 Å². The molecule has 1 amide bonds. The molecule has 2 aromatic heterocycles. The maximum Gasteiger partial charge on any atom is 0.332 e. The van der Waals surface area contributed by atoms with Crippen molar-refractivity contribution in [2.24, 2.45) is 18.5 Å². The number of allylic oxidation sites excluding steroid dienone is 2. The van der Waals surface area contributed by atoms with Crippen molar-refractivity contribution in [2.75, 3.05) is 6.54 Å². The molecular weight excluding hydrogens is 368 g/mol. The molecule has 2 rings (SSSR count). The minimum Gasteiger partial charge on any atom is -0.368 e. The van der Waals surface area contributed by atoms with Gasteiger partial charge in [0.15, 0.2) is 16.3 Å². The van der Waals surface area contributed by atoms with Crippen LogP contribution in [0.1, 0.15) is 27.7 Å². The van der Waals surface area contributed by atoms with Gasteiger partial charge in [0.2, 0.25) is 5.91 Å². The number of rotatable bonds is 7. The molecule has 0 unspecified atom stereocenters. The first-order chi connectivity index (χ1) is 12.5. The highest BCUT2D eigenvalue weighted by molar-refractivity contribution is 8.00. The van der Waals surface area contributed by atoms with Crippen LogP contribution in [-0.4, -0.2) is 35.9 Å². The third kappa shape index (κ3) is 4.33. The van der Waals surface area contributed by atoms with Gasteiger partial charge in [0.1, 0.15) is 6.54 Å². The molecular formula is C17H26N6O3S. The first-order valence-electron chi connectivity index (χ1n) is 8.49. The maximum atomic E-state index is 13.0. The Morgan fingerprint density at radius 1 is 1.26 bits per heavy atom. The van der Waals surface area contributed by atoms with Gasteiger partial charge in [-0.05, 0) is 27.7 Å². The number of imidazole rings is 1. The summed E-state index contributed by atoms with van der Waals surface area (Å²) >= 11 is 1.44. The summed E-state index contributed by atoms with van der Waals surface area (Å²) in [4.78, 5) is 41.3. The lowest BCUT2D eigenvalue weighted by Gasteiger charge is -2.21. The standard InChI is InChI=1S/C17H26N6O3S/c1-10(2)6-7-22-12-13(20-15(22)27-17(3,4)9-18)21(5)16(26)23(14(12)25)8-11(19)24/h6H,7-9,18H2,1-5H3,(H2,19,24). The fraction of sp³-hybridized carbons (Fsp3) is 0.529. The summed E-state index contributed by atoms with van der Waals surface area (Å²) in [5.74, 6) is -0.761. The molecule has 0 aromatic carbocycles. The molecule has 27 heavy (non-hydrogen) atoms. The maximum absolute atomic E-state index is 13.0. The first-order valence-corrected chi connectivity index (χ1v) is 9.31. The predicted molar refractivity (Wildman–Crippen MR) is 107 cm³/mol. The molecule has 0 bridgehead atoms. The minimum absolute atomic E-state index is 0.256. The smallest absolute Gasteiger partial charge is 0.332 e. The number of fused-ring (bicyclic) bond motifs is 1. The van der Waals surface area contributed by atoms with E-state index >= 15 is 0 Å². The van der Waals surface area contributed by atoms with E-state index in [9.17, 15) is 14.4 Å². The summed E-state index contributed by atoms with van der Waals surface area (Å²) < 4.78 is 3.55. The van der Waals surface area contributed by atoms with Crippen LogP contribution in [0.3, 0.4) is 0 Å². The van der Waals surface area contributed by atoms with Crippen LogP contribution in [-0.2, 0) is 24.9 Å². The Hall–Kier alpha value is -2.33. The van der Waals surface area contributed by atoms with Gasteiger partial charge in [-0.25, -0.2) is 14.3 Å². The summed E-state index contributed by atoms with van der Waals surface area (Å²) in [5.41, 5.74) is 11.4. The summed E-state index contributed by atoms with van der Waals surface area (Å²) in [6.07, 6.45) is 1.96. The van der Waals surface area contributed by atoms with Gasteiger partial charge >= 0.3 is 5.69 Å². The van der Waals surface area contributed by atoms with Crippen LogP contribution >= 0.6 is 11.8 Å². The number of aryl methyl sites for hydroxylation is 1. The summed E-state index contributed by atoms with van der Waals surface area (Å²) in [7, 11) is 1.52. The molecule has 148 valence electrons. The van der Waals surface area contributed by atoms with Crippen molar-refractivity contribution in [1.29, 1.82) is 0 Å². The Kier molecular flexibility index (Phi) is 6.01. The monoisotopic (exact) mass is 394 g/mol. The lowest BCUT2D eigenvalue weighted by atomic mass is 10.2. The number of nitrogens with zero attached hydrogens (tertiary/aromatic N) is 4. The molecule has 0 atom stereocenters. The van der Waals surface area contributed by atoms with E-state index in [0.29, 0.717) is 18.2 Å². The third-order valence-corrected chi connectivity index (χ3v) is 5.27. The first kappa shape index (κ1) is 21.0. The number of hydrogen-bond donors (Lipinski definition) is 2. The fourth-order valence-corrected chi connectivity index (χ4v) is 3.44. The second-order valence-electron chi connectivity index (χ2n) is 7.22. The zero-order valence-corrected chi connectivity index (χ0v) is 17.1. The van der Waals surface area contributed by atoms with Crippen molar-refractivity contribution in [3.63, 3.8) is 0 Å². The number of primary amides is 1. The molecule has 0 aliphatic rings. The van der Waals surface area contributed by atoms with E-state index in [4.69, 9.17) is 11.5 Å². The Bertz CT molecular complexity index is 1020. The second kappa shape index (κ2) is 7.73. The van der Waals surface area contributed by atoms with E-state index in [0.717, 1.165) is 10.1 Å². The summed E-state index contributed by atoms with van der Waals surface area (Å²) in [6, 6.07) is 0. The number of aromatic nitrogens is 4. The lowest BCUT2D eigenvalue weighted by molar-refractivity contribution is -0.118. The van der Waals surface area contributed by atoms with Crippen molar-refractivity contribution in [3.8, 4) is 0 Å². The molecule has 2 heterocycles. The topological polar surface area (TPSA) is 131 Å². The lowest BCUT2D eigenvalue weighted by Crippen LogP contribution is -2.42. The molecule has 0 radical (unpaired) electrons. The van der Waals surface area contributed by atoms with Gasteiger partial charge in [0.05, 0.1) is 0 Å². The largest absolute Gasteiger partial charge is 0.368 e. The molecule has 0 saturated heterocycles. The van der Waals surface area contributed by atoms with Crippen molar-refractivity contribution < 1.29 is 4.79 Å². The van der Waals surface area contributed by atoms with Gasteiger partial charge < -0.3 is 16.0 Å². The van der Waals surface area contributed by atoms with Gasteiger partial charge in [-0.15, -0.1) is 0 Å². The van der Waals surface area contributed by atoms with Gasteiger partial charge in [-0.2, -0.15) is 0 Å². The van der Waals surface area contributed by atoms with Crippen LogP contribution in [0.25, 0.3) is 11.2 Å². The molecule has 0 saturated carbocycles. The summed E-state index contributed by atoms with van der Waals surface area (Å²) in [5, 5.41) is 0.585. The highest BCUT2D eigenvalue weighted by Crippen LogP contribution is 2.32. The van der Waals surface area contributed by atoms with Crippen molar-refractivity contribution in [1.82, 2.24) is 18.7 Å². The van der Waals surface area contributed by atoms with E-state index in [1.54, 1.807) is 4.57 Å². The van der Waals surface area contributed by atoms with Crippen molar-refractivity contribution in [2.45, 2.75) is 50.7 Å². The van der Waals surface area contributed by atoms with Crippen LogP contribution in [0, 0.1) is 0 Å². The van der Waals surface area contributed by atoms with Crippen LogP contribution in [0.2, 0.25) is 0 Å². The Balaban J connectivity index is 2.86. The molecule has 2 aromatic rings. The Morgan fingerprint density at radius 3 is 2.41 bits per heavy atom. The van der Waals surface area contributed by atoms with E-state index in [2.05, 4.69) is 4.98 Å². The van der Waals surface area contributed by atoms with Gasteiger partial charge in [0.25, 0.3) is 5.56 Å². The number of amides is 1. The number of thioether (sulfide) groups is 1. The molecule has 0 aliphatic heterocycles. The molecule has 0 aliphatic carbocycles. The predicted octanol–water partition coefficient (Wildman–Crippen LogP) is 0.178. The average Bonchev–Trinajstić information content (AvgIpc) is 2.92. The highest BCUT2D eigenvalue weighted by Gasteiger charge is 2.25. The molecule has 10 heteroatoms. The number of carbonyl (C=O) groups is 1. The quantitative estimate of drug-likeness (QED) is 0.509. The van der Waals surface area contributed by atoms with Crippen molar-refractivity contribution >= 4 is 28.8 Å². The van der Waals surface area contributed by atoms with Crippen LogP contribution in [0.15, 0.2) is 26.4 Å². The van der Waals surface area contributed by atoms with Crippen LogP contribution in [0.5, 0.6) is 0 Å². The third-order valence-electron chi connectivity index (χ3n) is 4.05. The van der Waals surface area contributed by atoms with Crippen LogP contribution in [0.4, 0.5) is 0 Å². The normalized spacial score (nSPS) is 11.8. The van der Waals surface area contributed by atoms with E-state index in [1.807, 2.05) is 33.8 Å². The van der Waals surface area contributed by atoms with Gasteiger partial charge in [-0.1, -0.05) is 23.4 Å². The Labute approximate surface area is 161 Å². The second-order valence-corrected chi connectivity index (χ2v) is 8.90. The fourth-order valence-electron chi connectivity index (χ4n) is 2.46. The molecule has 0 fully saturated rings.